The quantitative estimate of drug-likeness (QED) is 0.0617. The molecule has 1 heterocycles. The number of nitrogens with zero attached hydrogens (tertiary/aromatic N) is 2. The highest BCUT2D eigenvalue weighted by atomic mass is 15.4. The first-order valence-electron chi connectivity index (χ1n) is 22.0. The highest BCUT2D eigenvalue weighted by Crippen LogP contribution is 2.24. The molecule has 2 nitrogen and oxygen atoms in total. The van der Waals surface area contributed by atoms with Gasteiger partial charge in [-0.05, 0) is 25.7 Å². The Labute approximate surface area is 292 Å². The molecule has 46 heavy (non-hydrogen) atoms. The van der Waals surface area contributed by atoms with E-state index in [0.29, 0.717) is 6.17 Å². The first kappa shape index (κ1) is 43.4. The Hall–Kier alpha value is -0.660. The fraction of sp³-hybridized carbons (Fsp3) is 0.955. The Bertz CT molecular complexity index is 601. The maximum absolute atomic E-state index is 2.73. The lowest BCUT2D eigenvalue weighted by atomic mass is 10.0. The van der Waals surface area contributed by atoms with Crippen molar-refractivity contribution < 1.29 is 0 Å². The number of rotatable bonds is 38. The van der Waals surface area contributed by atoms with E-state index >= 15 is 0 Å². The van der Waals surface area contributed by atoms with Crippen LogP contribution in [0.15, 0.2) is 12.4 Å². The van der Waals surface area contributed by atoms with E-state index in [9.17, 15) is 0 Å². The van der Waals surface area contributed by atoms with Gasteiger partial charge < -0.3 is 9.80 Å². The van der Waals surface area contributed by atoms with E-state index in [0.717, 1.165) is 0 Å². The molecule has 1 unspecified atom stereocenters. The highest BCUT2D eigenvalue weighted by molar-refractivity contribution is 4.97. The molecule has 0 aromatic rings. The van der Waals surface area contributed by atoms with Crippen LogP contribution in [0.25, 0.3) is 0 Å². The van der Waals surface area contributed by atoms with Crippen molar-refractivity contribution in [2.24, 2.45) is 0 Å². The van der Waals surface area contributed by atoms with Crippen molar-refractivity contribution in [2.45, 2.75) is 258 Å². The maximum Gasteiger partial charge on any atom is 0.101 e. The molecule has 0 fully saturated rings. The van der Waals surface area contributed by atoms with E-state index in [4.69, 9.17) is 0 Å². The highest BCUT2D eigenvalue weighted by Gasteiger charge is 2.24. The third-order valence-electron chi connectivity index (χ3n) is 10.8. The van der Waals surface area contributed by atoms with Gasteiger partial charge in [-0.25, -0.2) is 0 Å². The van der Waals surface area contributed by atoms with Crippen molar-refractivity contribution in [1.82, 2.24) is 9.80 Å². The fourth-order valence-electron chi connectivity index (χ4n) is 7.60. The molecule has 0 radical (unpaired) electrons. The molecule has 1 aliphatic heterocycles. The molecular formula is C44H88N2. The Balaban J connectivity index is 2.15. The maximum atomic E-state index is 2.73. The van der Waals surface area contributed by atoms with Crippen LogP contribution in [-0.4, -0.2) is 29.1 Å². The third-order valence-corrected chi connectivity index (χ3v) is 10.8. The van der Waals surface area contributed by atoms with Gasteiger partial charge in [0, 0.05) is 25.5 Å². The molecule has 0 aromatic heterocycles. The average Bonchev–Trinajstić information content (AvgIpc) is 3.45. The molecule has 1 aliphatic rings. The van der Waals surface area contributed by atoms with Gasteiger partial charge in [-0.2, -0.15) is 0 Å². The van der Waals surface area contributed by atoms with Crippen molar-refractivity contribution in [3.63, 3.8) is 0 Å². The number of hydrogen-bond acceptors (Lipinski definition) is 2. The molecule has 1 atom stereocenters. The Morgan fingerprint density at radius 1 is 0.283 bits per heavy atom. The summed E-state index contributed by atoms with van der Waals surface area (Å²) in [7, 11) is 0. The van der Waals surface area contributed by atoms with Gasteiger partial charge in [0.1, 0.15) is 6.17 Å². The first-order chi connectivity index (χ1) is 22.8. The standard InChI is InChI=1S/C44H88N2/c1-4-7-10-13-16-19-20-21-22-23-24-25-26-29-32-35-38-41-46-43-42-45(40-37-34-31-28-18-15-12-9-6-3)44(46)39-36-33-30-27-17-14-11-8-5-2/h42-44H,4-41H2,1-3H3. The van der Waals surface area contributed by atoms with Crippen molar-refractivity contribution in [1.29, 1.82) is 0 Å². The van der Waals surface area contributed by atoms with Gasteiger partial charge in [0.25, 0.3) is 0 Å². The monoisotopic (exact) mass is 645 g/mol. The molecule has 0 spiro atoms. The molecule has 0 amide bonds. The van der Waals surface area contributed by atoms with E-state index in [2.05, 4.69) is 43.0 Å². The van der Waals surface area contributed by atoms with Crippen LogP contribution in [0.2, 0.25) is 0 Å². The molecule has 274 valence electrons. The molecular weight excluding hydrogens is 556 g/mol. The van der Waals surface area contributed by atoms with Crippen LogP contribution >= 0.6 is 0 Å². The molecule has 0 saturated carbocycles. The Kier molecular flexibility index (Phi) is 33.6. The summed E-state index contributed by atoms with van der Waals surface area (Å²) in [5.74, 6) is 0. The first-order valence-corrected chi connectivity index (χ1v) is 22.0. The smallest absolute Gasteiger partial charge is 0.101 e. The van der Waals surface area contributed by atoms with Crippen molar-refractivity contribution in [3.05, 3.63) is 12.4 Å². The van der Waals surface area contributed by atoms with Crippen molar-refractivity contribution in [3.8, 4) is 0 Å². The summed E-state index contributed by atoms with van der Waals surface area (Å²) in [6.45, 7) is 9.49. The Morgan fingerprint density at radius 2 is 0.500 bits per heavy atom. The molecule has 0 bridgehead atoms. The predicted octanol–water partition coefficient (Wildman–Crippen LogP) is 15.5. The topological polar surface area (TPSA) is 6.48 Å². The summed E-state index contributed by atoms with van der Waals surface area (Å²) in [4.78, 5) is 5.45. The van der Waals surface area contributed by atoms with Gasteiger partial charge in [0.15, 0.2) is 0 Å². The van der Waals surface area contributed by atoms with Crippen LogP contribution in [0.5, 0.6) is 0 Å². The van der Waals surface area contributed by atoms with Gasteiger partial charge in [-0.1, -0.05) is 226 Å². The normalized spacial score (nSPS) is 14.7. The van der Waals surface area contributed by atoms with Crippen LogP contribution in [0.3, 0.4) is 0 Å². The molecule has 2 heteroatoms. The second-order valence-electron chi connectivity index (χ2n) is 15.4. The second-order valence-corrected chi connectivity index (χ2v) is 15.4. The minimum absolute atomic E-state index is 0.639. The van der Waals surface area contributed by atoms with Crippen molar-refractivity contribution >= 4 is 0 Å². The molecule has 0 aromatic carbocycles. The van der Waals surface area contributed by atoms with Crippen LogP contribution in [-0.2, 0) is 0 Å². The van der Waals surface area contributed by atoms with E-state index in [1.54, 1.807) is 0 Å². The lowest BCUT2D eigenvalue weighted by Gasteiger charge is -2.33. The summed E-state index contributed by atoms with van der Waals surface area (Å²) in [6.07, 6.45) is 57.4. The van der Waals surface area contributed by atoms with Gasteiger partial charge >= 0.3 is 0 Å². The SMILES string of the molecule is CCCCCCCCCCCCCCCCCCCN1C=CN(CCCCCCCCCCC)C1CCCCCCCCCCC. The summed E-state index contributed by atoms with van der Waals surface area (Å²) >= 11 is 0. The van der Waals surface area contributed by atoms with Crippen LogP contribution in [0, 0.1) is 0 Å². The zero-order valence-corrected chi connectivity index (χ0v) is 32.5. The van der Waals surface area contributed by atoms with Gasteiger partial charge in [0.05, 0.1) is 0 Å². The summed E-state index contributed by atoms with van der Waals surface area (Å²) in [5.41, 5.74) is 0. The Morgan fingerprint density at radius 3 is 0.761 bits per heavy atom. The summed E-state index contributed by atoms with van der Waals surface area (Å²) in [5, 5.41) is 0. The van der Waals surface area contributed by atoms with Gasteiger partial charge in [-0.15, -0.1) is 0 Å². The third kappa shape index (κ3) is 27.3. The van der Waals surface area contributed by atoms with Gasteiger partial charge in [0.2, 0.25) is 0 Å². The second kappa shape index (κ2) is 35.6. The summed E-state index contributed by atoms with van der Waals surface area (Å²) < 4.78 is 0. The van der Waals surface area contributed by atoms with E-state index in [1.807, 2.05) is 0 Å². The zero-order chi connectivity index (χ0) is 33.0. The lowest BCUT2D eigenvalue weighted by Crippen LogP contribution is -2.39. The predicted molar refractivity (Wildman–Crippen MR) is 210 cm³/mol. The van der Waals surface area contributed by atoms with Crippen LogP contribution < -0.4 is 0 Å². The van der Waals surface area contributed by atoms with E-state index in [1.165, 1.54) is 244 Å². The van der Waals surface area contributed by atoms with E-state index in [-0.39, 0.29) is 0 Å². The zero-order valence-electron chi connectivity index (χ0n) is 32.5. The largest absolute Gasteiger partial charge is 0.356 e. The number of unbranched alkanes of at least 4 members (excludes halogenated alkanes) is 32. The van der Waals surface area contributed by atoms with Crippen LogP contribution in [0.4, 0.5) is 0 Å². The minimum Gasteiger partial charge on any atom is -0.356 e. The van der Waals surface area contributed by atoms with Crippen molar-refractivity contribution in [2.75, 3.05) is 13.1 Å². The fourth-order valence-corrected chi connectivity index (χ4v) is 7.60. The molecule has 0 saturated heterocycles. The van der Waals surface area contributed by atoms with E-state index < -0.39 is 0 Å². The lowest BCUT2D eigenvalue weighted by molar-refractivity contribution is 0.135. The summed E-state index contributed by atoms with van der Waals surface area (Å²) in [6, 6.07) is 0. The molecule has 0 aliphatic carbocycles. The average molecular weight is 645 g/mol. The van der Waals surface area contributed by atoms with Gasteiger partial charge in [-0.3, -0.25) is 0 Å². The minimum atomic E-state index is 0.639. The molecule has 0 N–H and O–H groups in total. The molecule has 1 rings (SSSR count). The van der Waals surface area contributed by atoms with Crippen LogP contribution in [0.1, 0.15) is 252 Å². The number of hydrogen-bond donors (Lipinski definition) is 0.